The second-order valence-corrected chi connectivity index (χ2v) is 14.2. The van der Waals surface area contributed by atoms with E-state index in [-0.39, 0.29) is 5.91 Å². The molecule has 7 rings (SSSR count). The quantitative estimate of drug-likeness (QED) is 0.136. The molecule has 0 unspecified atom stereocenters. The van der Waals surface area contributed by atoms with Crippen LogP contribution in [-0.2, 0) is 4.79 Å². The van der Waals surface area contributed by atoms with Crippen LogP contribution in [0.1, 0.15) is 72.8 Å². The topological polar surface area (TPSA) is 63.2 Å². The van der Waals surface area contributed by atoms with Crippen LogP contribution in [0.5, 0.6) is 11.5 Å². The van der Waals surface area contributed by atoms with Crippen LogP contribution < -0.4 is 19.7 Å². The van der Waals surface area contributed by atoms with Gasteiger partial charge >= 0.3 is 0 Å². The number of aliphatic imine (C=N–C) groups is 1. The zero-order chi connectivity index (χ0) is 32.3. The number of rotatable bonds is 9. The normalized spacial score (nSPS) is 20.3. The van der Waals surface area contributed by atoms with Crippen molar-refractivity contribution < 1.29 is 14.3 Å². The molecule has 4 aromatic rings. The van der Waals surface area contributed by atoms with Crippen molar-refractivity contribution in [3.8, 4) is 11.5 Å². The molecule has 0 saturated carbocycles. The standard InChI is InChI=1S/C39H38IN3O3S/c1-3-19-46-37-33(40)20-25(21-34(37)45-4-2)22-35-38(44)42-39(47-35)41-28-23-31-29(26-11-7-5-8-12-26)15-17-43-18-16-30(32(24-28)36(31)43)27-13-9-6-10-14-27/h5-14,20-24,29-30H,3-4,15-19H2,1-2H3,(H,41,42,44)/b35-22-/t29-,30-/m0/s1. The number of amides is 1. The van der Waals surface area contributed by atoms with Crippen molar-refractivity contribution in [3.05, 3.63) is 121 Å². The van der Waals surface area contributed by atoms with Crippen LogP contribution in [0, 0.1) is 3.57 Å². The van der Waals surface area contributed by atoms with Gasteiger partial charge in [-0.2, -0.15) is 0 Å². The summed E-state index contributed by atoms with van der Waals surface area (Å²) in [5, 5.41) is 3.62. The van der Waals surface area contributed by atoms with Gasteiger partial charge in [-0.3, -0.25) is 4.79 Å². The molecule has 1 amide bonds. The number of anilines is 1. The maximum absolute atomic E-state index is 13.2. The molecule has 240 valence electrons. The molecule has 0 bridgehead atoms. The Kier molecular flexibility index (Phi) is 9.58. The fourth-order valence-corrected chi connectivity index (χ4v) is 8.55. The van der Waals surface area contributed by atoms with E-state index in [9.17, 15) is 4.79 Å². The molecule has 0 aliphatic carbocycles. The first-order chi connectivity index (χ1) is 23.0. The van der Waals surface area contributed by atoms with Gasteiger partial charge < -0.3 is 19.7 Å². The van der Waals surface area contributed by atoms with Gasteiger partial charge in [0.2, 0.25) is 0 Å². The molecule has 1 fully saturated rings. The molecular weight excluding hydrogens is 717 g/mol. The van der Waals surface area contributed by atoms with Crippen LogP contribution in [0.25, 0.3) is 6.08 Å². The summed E-state index contributed by atoms with van der Waals surface area (Å²) in [5.74, 6) is 1.88. The van der Waals surface area contributed by atoms with Gasteiger partial charge in [0.25, 0.3) is 5.91 Å². The molecule has 3 aliphatic rings. The van der Waals surface area contributed by atoms with Gasteiger partial charge in [0.1, 0.15) is 0 Å². The third-order valence-corrected chi connectivity index (χ3v) is 10.7. The molecular formula is C39H38IN3O3S. The molecule has 6 nitrogen and oxygen atoms in total. The monoisotopic (exact) mass is 755 g/mol. The number of thioether (sulfide) groups is 1. The van der Waals surface area contributed by atoms with Crippen LogP contribution in [0.3, 0.4) is 0 Å². The van der Waals surface area contributed by atoms with Gasteiger partial charge in [-0.1, -0.05) is 67.6 Å². The number of hydrogen-bond donors (Lipinski definition) is 1. The van der Waals surface area contributed by atoms with E-state index in [1.165, 1.54) is 39.7 Å². The molecule has 47 heavy (non-hydrogen) atoms. The molecule has 1 saturated heterocycles. The summed E-state index contributed by atoms with van der Waals surface area (Å²) in [6.07, 6.45) is 4.95. The third kappa shape index (κ3) is 6.67. The number of carbonyl (C=O) groups excluding carboxylic acids is 1. The lowest BCUT2D eigenvalue weighted by molar-refractivity contribution is -0.115. The summed E-state index contributed by atoms with van der Waals surface area (Å²) in [6, 6.07) is 30.1. The van der Waals surface area contributed by atoms with Crippen LogP contribution in [0.4, 0.5) is 11.4 Å². The first-order valence-corrected chi connectivity index (χ1v) is 18.3. The summed E-state index contributed by atoms with van der Waals surface area (Å²) >= 11 is 3.65. The Labute approximate surface area is 294 Å². The van der Waals surface area contributed by atoms with E-state index < -0.39 is 0 Å². The first-order valence-electron chi connectivity index (χ1n) is 16.4. The van der Waals surface area contributed by atoms with Crippen molar-refractivity contribution in [2.24, 2.45) is 4.99 Å². The summed E-state index contributed by atoms with van der Waals surface area (Å²) in [5.41, 5.74) is 8.45. The highest BCUT2D eigenvalue weighted by Crippen LogP contribution is 2.50. The Morgan fingerprint density at radius 1 is 0.915 bits per heavy atom. The Bertz CT molecular complexity index is 1770. The van der Waals surface area contributed by atoms with Crippen LogP contribution >= 0.6 is 34.4 Å². The average Bonchev–Trinajstić information content (AvgIpc) is 3.43. The lowest BCUT2D eigenvalue weighted by atomic mass is 9.76. The van der Waals surface area contributed by atoms with E-state index in [0.29, 0.717) is 40.9 Å². The van der Waals surface area contributed by atoms with E-state index in [4.69, 9.17) is 14.5 Å². The summed E-state index contributed by atoms with van der Waals surface area (Å²) in [7, 11) is 0. The highest BCUT2D eigenvalue weighted by atomic mass is 127. The SMILES string of the molecule is CCCOc1c(I)cc(/C=C2\SC(=Nc3cc4c5c(c3)[C@H](c3ccccc3)CCN5CC[C@H]4c3ccccc3)NC2=O)cc1OCC. The molecule has 8 heteroatoms. The van der Waals surface area contributed by atoms with E-state index >= 15 is 0 Å². The van der Waals surface area contributed by atoms with Crippen LogP contribution in [0.2, 0.25) is 0 Å². The number of nitrogens with zero attached hydrogens (tertiary/aromatic N) is 2. The minimum atomic E-state index is -0.150. The number of halogens is 1. The summed E-state index contributed by atoms with van der Waals surface area (Å²) < 4.78 is 12.8. The summed E-state index contributed by atoms with van der Waals surface area (Å²) in [6.45, 7) is 7.28. The number of benzene rings is 4. The lowest BCUT2D eigenvalue weighted by Gasteiger charge is -2.43. The van der Waals surface area contributed by atoms with E-state index in [0.717, 1.165) is 52.9 Å². The van der Waals surface area contributed by atoms with Crippen molar-refractivity contribution in [1.82, 2.24) is 5.32 Å². The van der Waals surface area contributed by atoms with Crippen molar-refractivity contribution in [2.45, 2.75) is 44.9 Å². The van der Waals surface area contributed by atoms with Gasteiger partial charge in [0, 0.05) is 30.6 Å². The minimum Gasteiger partial charge on any atom is -0.490 e. The molecule has 0 aromatic heterocycles. The highest BCUT2D eigenvalue weighted by molar-refractivity contribution is 14.1. The van der Waals surface area contributed by atoms with Crippen molar-refractivity contribution in [3.63, 3.8) is 0 Å². The molecule has 1 N–H and O–H groups in total. The highest BCUT2D eigenvalue weighted by Gasteiger charge is 2.35. The van der Waals surface area contributed by atoms with Crippen LogP contribution in [0.15, 0.2) is 94.8 Å². The van der Waals surface area contributed by atoms with E-state index in [1.807, 2.05) is 25.1 Å². The second-order valence-electron chi connectivity index (χ2n) is 12.1. The van der Waals surface area contributed by atoms with E-state index in [1.54, 1.807) is 0 Å². The number of hydrogen-bond acceptors (Lipinski definition) is 6. The predicted molar refractivity (Wildman–Crippen MR) is 201 cm³/mol. The van der Waals surface area contributed by atoms with Crippen molar-refractivity contribution >= 4 is 62.9 Å². The molecule has 0 spiro atoms. The molecule has 3 heterocycles. The van der Waals surface area contributed by atoms with Gasteiger partial charge in [0.05, 0.1) is 27.4 Å². The third-order valence-electron chi connectivity index (χ3n) is 8.96. The van der Waals surface area contributed by atoms with Crippen LogP contribution in [-0.4, -0.2) is 37.4 Å². The van der Waals surface area contributed by atoms with Gasteiger partial charge in [-0.05, 0) is 119 Å². The molecule has 0 radical (unpaired) electrons. The van der Waals surface area contributed by atoms with Crippen molar-refractivity contribution in [2.75, 3.05) is 31.2 Å². The van der Waals surface area contributed by atoms with Gasteiger partial charge in [-0.25, -0.2) is 4.99 Å². The fraction of sp³-hybridized carbons (Fsp3) is 0.282. The van der Waals surface area contributed by atoms with Gasteiger partial charge in [0.15, 0.2) is 16.7 Å². The average molecular weight is 756 g/mol. The molecule has 3 aliphatic heterocycles. The Balaban J connectivity index is 1.26. The zero-order valence-electron chi connectivity index (χ0n) is 26.7. The fourth-order valence-electron chi connectivity index (χ4n) is 6.93. The first kappa shape index (κ1) is 31.8. The number of ether oxygens (including phenoxy) is 2. The van der Waals surface area contributed by atoms with Crippen molar-refractivity contribution in [1.29, 1.82) is 0 Å². The minimum absolute atomic E-state index is 0.150. The number of nitrogens with one attached hydrogen (secondary N) is 1. The molecule has 2 atom stereocenters. The van der Waals surface area contributed by atoms with E-state index in [2.05, 4.69) is 113 Å². The molecule has 4 aromatic carbocycles. The zero-order valence-corrected chi connectivity index (χ0v) is 29.6. The Morgan fingerprint density at radius 3 is 2.15 bits per heavy atom. The predicted octanol–water partition coefficient (Wildman–Crippen LogP) is 9.25. The largest absolute Gasteiger partial charge is 0.490 e. The maximum atomic E-state index is 13.2. The second kappa shape index (κ2) is 14.2. The smallest absolute Gasteiger partial charge is 0.264 e. The van der Waals surface area contributed by atoms with Gasteiger partial charge in [-0.15, -0.1) is 0 Å². The Morgan fingerprint density at radius 2 is 1.55 bits per heavy atom. The number of carbonyl (C=O) groups is 1. The maximum Gasteiger partial charge on any atom is 0.264 e. The lowest BCUT2D eigenvalue weighted by Crippen LogP contribution is -2.37. The Hall–Kier alpha value is -3.76. The summed E-state index contributed by atoms with van der Waals surface area (Å²) in [4.78, 5) is 21.5. The number of amidine groups is 1.